The predicted molar refractivity (Wildman–Crippen MR) is 167 cm³/mol. The molecule has 4 heterocycles. The zero-order valence-electron chi connectivity index (χ0n) is 25.4. The number of nitrogens with zero attached hydrogens (tertiary/aromatic N) is 6. The minimum atomic E-state index is -2.96. The van der Waals surface area contributed by atoms with E-state index >= 15 is 0 Å². The van der Waals surface area contributed by atoms with Gasteiger partial charge in [-0.15, -0.1) is 0 Å². The molecule has 11 nitrogen and oxygen atoms in total. The second kappa shape index (κ2) is 14.0. The first kappa shape index (κ1) is 31.7. The predicted octanol–water partition coefficient (Wildman–Crippen LogP) is 3.32. The quantitative estimate of drug-likeness (QED) is 0.354. The second-order valence-electron chi connectivity index (χ2n) is 12.3. The number of aromatic nitrogens is 4. The molecule has 0 unspecified atom stereocenters. The van der Waals surface area contributed by atoms with Gasteiger partial charge in [0.25, 0.3) is 6.43 Å². The minimum Gasteiger partial charge on any atom is -0.378 e. The van der Waals surface area contributed by atoms with Crippen LogP contribution in [0.2, 0.25) is 0 Å². The van der Waals surface area contributed by atoms with Gasteiger partial charge in [0, 0.05) is 44.0 Å². The van der Waals surface area contributed by atoms with Crippen molar-refractivity contribution in [2.75, 3.05) is 62.3 Å². The number of halogens is 2. The van der Waals surface area contributed by atoms with Crippen LogP contribution in [0.25, 0.3) is 16.9 Å². The van der Waals surface area contributed by atoms with Crippen LogP contribution in [0.1, 0.15) is 56.5 Å². The number of amides is 1. The van der Waals surface area contributed by atoms with Crippen molar-refractivity contribution in [3.63, 3.8) is 0 Å². The lowest BCUT2D eigenvalue weighted by atomic mass is 9.83. The monoisotopic (exact) mass is 645 g/mol. The summed E-state index contributed by atoms with van der Waals surface area (Å²) in [6.45, 7) is 3.46. The first-order valence-corrected chi connectivity index (χ1v) is 17.7. The molecule has 0 spiro atoms. The number of nitrogens with one attached hydrogen (secondary N) is 1. The number of ether oxygens (including phenoxy) is 1. The lowest BCUT2D eigenvalue weighted by Gasteiger charge is -2.31. The Kier molecular flexibility index (Phi) is 9.90. The molecule has 1 N–H and O–H groups in total. The maximum atomic E-state index is 14.1. The van der Waals surface area contributed by atoms with Crippen LogP contribution in [0.15, 0.2) is 30.3 Å². The third-order valence-electron chi connectivity index (χ3n) is 9.12. The van der Waals surface area contributed by atoms with Gasteiger partial charge in [0.1, 0.15) is 5.82 Å². The van der Waals surface area contributed by atoms with E-state index < -0.39 is 16.3 Å². The molecule has 6 rings (SSSR count). The Labute approximate surface area is 262 Å². The average molecular weight is 646 g/mol. The smallest absolute Gasteiger partial charge is 0.296 e. The molecule has 3 aliphatic rings. The third-order valence-corrected chi connectivity index (χ3v) is 10.7. The van der Waals surface area contributed by atoms with Gasteiger partial charge >= 0.3 is 0 Å². The first-order valence-electron chi connectivity index (χ1n) is 15.9. The number of rotatable bonds is 10. The molecule has 2 aromatic heterocycles. The van der Waals surface area contributed by atoms with Gasteiger partial charge in [-0.2, -0.15) is 4.98 Å². The molecule has 3 aromatic rings. The molecule has 1 aromatic carbocycles. The first-order chi connectivity index (χ1) is 21.7. The highest BCUT2D eigenvalue weighted by Crippen LogP contribution is 2.30. The molecule has 0 radical (unpaired) electrons. The van der Waals surface area contributed by atoms with Crippen molar-refractivity contribution in [2.24, 2.45) is 5.92 Å². The van der Waals surface area contributed by atoms with Gasteiger partial charge in [-0.05, 0) is 56.6 Å². The van der Waals surface area contributed by atoms with E-state index in [1.807, 2.05) is 21.9 Å². The molecule has 1 amide bonds. The number of hydrogen-bond donors (Lipinski definition) is 1. The van der Waals surface area contributed by atoms with Crippen LogP contribution in [-0.4, -0.2) is 102 Å². The zero-order valence-corrected chi connectivity index (χ0v) is 26.2. The maximum Gasteiger partial charge on any atom is 0.296 e. The summed E-state index contributed by atoms with van der Waals surface area (Å²) in [5, 5.41) is 3.15. The van der Waals surface area contributed by atoms with E-state index in [0.717, 1.165) is 44.2 Å². The fraction of sp³-hybridized carbons (Fsp3) is 0.613. The summed E-state index contributed by atoms with van der Waals surface area (Å²) < 4.78 is 58.5. The van der Waals surface area contributed by atoms with Crippen molar-refractivity contribution in [1.82, 2.24) is 29.7 Å². The molecule has 244 valence electrons. The molecular formula is C31H41F2N7O4S. The lowest BCUT2D eigenvalue weighted by molar-refractivity contribution is -0.123. The van der Waals surface area contributed by atoms with E-state index in [-0.39, 0.29) is 35.8 Å². The number of anilines is 1. The topological polar surface area (TPSA) is 123 Å². The Balaban J connectivity index is 1.07. The standard InChI is InChI=1S/C31H41F2N7O4S/c32-29(33)30-36-25-6-1-2-7-26(25)40(30)27-20-24(35-31(37-27)39-12-16-44-17-13-39)5-3-4-22-8-10-23(11-9-22)34-28(41)21-38-14-18-45(42,43)19-15-38/h1-2,6-7,20,22-23,29H,3-5,8-19,21H2,(H,34,41). The number of morpholine rings is 1. The summed E-state index contributed by atoms with van der Waals surface area (Å²) in [5.74, 6) is 1.34. The fourth-order valence-corrected chi connectivity index (χ4v) is 7.88. The van der Waals surface area contributed by atoms with Crippen molar-refractivity contribution in [3.05, 3.63) is 41.9 Å². The van der Waals surface area contributed by atoms with E-state index in [2.05, 4.69) is 10.3 Å². The molecule has 0 bridgehead atoms. The molecule has 1 saturated carbocycles. The molecule has 2 aliphatic heterocycles. The highest BCUT2D eigenvalue weighted by molar-refractivity contribution is 7.91. The van der Waals surface area contributed by atoms with Gasteiger partial charge < -0.3 is 15.0 Å². The van der Waals surface area contributed by atoms with Crippen molar-refractivity contribution < 1.29 is 26.7 Å². The zero-order chi connectivity index (χ0) is 31.4. The molecule has 14 heteroatoms. The number of fused-ring (bicyclic) bond motifs is 1. The van der Waals surface area contributed by atoms with Crippen molar-refractivity contribution >= 4 is 32.7 Å². The molecule has 3 fully saturated rings. The van der Waals surface area contributed by atoms with E-state index in [1.165, 1.54) is 4.57 Å². The summed E-state index contributed by atoms with van der Waals surface area (Å²) >= 11 is 0. The van der Waals surface area contributed by atoms with E-state index in [0.29, 0.717) is 74.5 Å². The minimum absolute atomic E-state index is 0.0333. The SMILES string of the molecule is O=C(CN1CCS(=O)(=O)CC1)NC1CCC(CCCc2cc(-n3c(C(F)F)nc4ccccc43)nc(N3CCOCC3)n2)CC1. The number of alkyl halides is 2. The van der Waals surface area contributed by atoms with Crippen LogP contribution in [0, 0.1) is 5.92 Å². The number of sulfone groups is 1. The lowest BCUT2D eigenvalue weighted by Crippen LogP contribution is -2.47. The summed E-state index contributed by atoms with van der Waals surface area (Å²) in [4.78, 5) is 30.3. The Bertz CT molecular complexity index is 1570. The maximum absolute atomic E-state index is 14.1. The Morgan fingerprint density at radius 2 is 1.73 bits per heavy atom. The van der Waals surface area contributed by atoms with Crippen LogP contribution in [-0.2, 0) is 25.8 Å². The molecule has 45 heavy (non-hydrogen) atoms. The van der Waals surface area contributed by atoms with Crippen molar-refractivity contribution in [3.8, 4) is 5.82 Å². The van der Waals surface area contributed by atoms with Gasteiger partial charge in [-0.3, -0.25) is 14.3 Å². The van der Waals surface area contributed by atoms with Crippen LogP contribution in [0.5, 0.6) is 0 Å². The number of carbonyl (C=O) groups is 1. The van der Waals surface area contributed by atoms with Gasteiger partial charge in [0.2, 0.25) is 11.9 Å². The van der Waals surface area contributed by atoms with Crippen LogP contribution in [0.4, 0.5) is 14.7 Å². The molecule has 0 atom stereocenters. The van der Waals surface area contributed by atoms with E-state index in [9.17, 15) is 22.0 Å². The molecule has 2 saturated heterocycles. The van der Waals surface area contributed by atoms with Crippen molar-refractivity contribution in [1.29, 1.82) is 0 Å². The Morgan fingerprint density at radius 1 is 1.00 bits per heavy atom. The highest BCUT2D eigenvalue weighted by Gasteiger charge is 2.27. The largest absolute Gasteiger partial charge is 0.378 e. The molecular weight excluding hydrogens is 604 g/mol. The van der Waals surface area contributed by atoms with Gasteiger partial charge in [0.15, 0.2) is 15.7 Å². The van der Waals surface area contributed by atoms with Crippen molar-refractivity contribution in [2.45, 2.75) is 57.4 Å². The highest BCUT2D eigenvalue weighted by atomic mass is 32.2. The summed E-state index contributed by atoms with van der Waals surface area (Å²) in [6.07, 6.45) is 3.77. The number of para-hydroxylation sites is 2. The number of hydrogen-bond acceptors (Lipinski definition) is 9. The van der Waals surface area contributed by atoms with Crippen LogP contribution in [0.3, 0.4) is 0 Å². The summed E-state index contributed by atoms with van der Waals surface area (Å²) in [6, 6.07) is 9.07. The summed E-state index contributed by atoms with van der Waals surface area (Å²) in [7, 11) is -2.96. The van der Waals surface area contributed by atoms with Gasteiger partial charge in [-0.25, -0.2) is 27.2 Å². The Morgan fingerprint density at radius 3 is 2.47 bits per heavy atom. The number of aryl methyl sites for hydroxylation is 1. The fourth-order valence-electron chi connectivity index (χ4n) is 6.60. The second-order valence-corrected chi connectivity index (χ2v) is 14.6. The van der Waals surface area contributed by atoms with E-state index in [4.69, 9.17) is 14.7 Å². The summed E-state index contributed by atoms with van der Waals surface area (Å²) in [5.41, 5.74) is 1.89. The number of carbonyl (C=O) groups excluding carboxylic acids is 1. The van der Waals surface area contributed by atoms with Gasteiger partial charge in [0.05, 0.1) is 42.3 Å². The van der Waals surface area contributed by atoms with E-state index in [1.54, 1.807) is 18.2 Å². The average Bonchev–Trinajstić information content (AvgIpc) is 3.44. The number of benzene rings is 1. The van der Waals surface area contributed by atoms with Crippen LogP contribution >= 0.6 is 0 Å². The normalized spacial score (nSPS) is 22.6. The third kappa shape index (κ3) is 7.95. The van der Waals surface area contributed by atoms with Gasteiger partial charge in [-0.1, -0.05) is 18.6 Å². The molecule has 1 aliphatic carbocycles. The number of imidazole rings is 1. The van der Waals surface area contributed by atoms with Crippen LogP contribution < -0.4 is 10.2 Å². The Hall–Kier alpha value is -3.23.